The van der Waals surface area contributed by atoms with Crippen LogP contribution in [-0.4, -0.2) is 40.3 Å². The minimum atomic E-state index is -0.983. The summed E-state index contributed by atoms with van der Waals surface area (Å²) < 4.78 is 15.5. The number of nitrogens with one attached hydrogen (secondary N) is 1. The van der Waals surface area contributed by atoms with Gasteiger partial charge in [-0.25, -0.2) is 4.79 Å². The molecule has 1 heterocycles. The van der Waals surface area contributed by atoms with Crippen molar-refractivity contribution < 1.29 is 28.3 Å². The number of hydrogen-bond donors (Lipinski definition) is 1. The summed E-state index contributed by atoms with van der Waals surface area (Å²) in [5.74, 6) is -1.56. The molecular weight excluding hydrogens is 378 g/mol. The maximum Gasteiger partial charge on any atom is 0.412 e. The third-order valence-electron chi connectivity index (χ3n) is 3.65. The quantitative estimate of drug-likeness (QED) is 0.549. The van der Waals surface area contributed by atoms with Gasteiger partial charge in [-0.1, -0.05) is 0 Å². The summed E-state index contributed by atoms with van der Waals surface area (Å²) in [6.45, 7) is 8.72. The van der Waals surface area contributed by atoms with Crippen molar-refractivity contribution in [1.82, 2.24) is 10.2 Å². The van der Waals surface area contributed by atoms with Gasteiger partial charge in [0.2, 0.25) is 11.8 Å². The lowest BCUT2D eigenvalue weighted by Crippen LogP contribution is -2.27. The number of carbonyl (C=O) groups is 3. The largest absolute Gasteiger partial charge is 0.465 e. The summed E-state index contributed by atoms with van der Waals surface area (Å²) in [4.78, 5) is 36.7. The number of Topliss-reactive ketones (excluding diaryl/α,β-unsaturated/α-hetero) is 1. The fourth-order valence-electron chi connectivity index (χ4n) is 2.43. The van der Waals surface area contributed by atoms with Gasteiger partial charge >= 0.3 is 12.1 Å². The van der Waals surface area contributed by atoms with Crippen LogP contribution < -0.4 is 5.32 Å². The fourth-order valence-corrected chi connectivity index (χ4v) is 2.43. The van der Waals surface area contributed by atoms with E-state index < -0.39 is 23.6 Å². The number of nitrogens with zero attached hydrogens (tertiary/aromatic N) is 2. The lowest BCUT2D eigenvalue weighted by molar-refractivity contribution is -0.145. The van der Waals surface area contributed by atoms with Crippen LogP contribution in [0.25, 0.3) is 0 Å². The van der Waals surface area contributed by atoms with E-state index in [0.717, 1.165) is 0 Å². The Morgan fingerprint density at radius 3 is 2.31 bits per heavy atom. The monoisotopic (exact) mass is 403 g/mol. The van der Waals surface area contributed by atoms with Gasteiger partial charge in [0.05, 0.1) is 6.61 Å². The first kappa shape index (κ1) is 22.1. The van der Waals surface area contributed by atoms with Gasteiger partial charge in [0.25, 0.3) is 0 Å². The molecule has 0 aliphatic heterocycles. The van der Waals surface area contributed by atoms with E-state index in [4.69, 9.17) is 13.9 Å². The first-order valence-electron chi connectivity index (χ1n) is 9.19. The van der Waals surface area contributed by atoms with Crippen LogP contribution in [0, 0.1) is 6.92 Å². The summed E-state index contributed by atoms with van der Waals surface area (Å²) >= 11 is 0. The van der Waals surface area contributed by atoms with Crippen LogP contribution >= 0.6 is 0 Å². The normalized spacial score (nSPS) is 12.2. The van der Waals surface area contributed by atoms with Crippen molar-refractivity contribution in [1.29, 1.82) is 0 Å². The predicted molar refractivity (Wildman–Crippen MR) is 104 cm³/mol. The van der Waals surface area contributed by atoms with Gasteiger partial charge in [-0.2, -0.15) is 0 Å². The highest BCUT2D eigenvalue weighted by Crippen LogP contribution is 2.23. The highest BCUT2D eigenvalue weighted by molar-refractivity contribution is 5.99. The molecule has 9 nitrogen and oxygen atoms in total. The maximum atomic E-state index is 12.7. The Hall–Kier alpha value is -3.23. The third-order valence-corrected chi connectivity index (χ3v) is 3.65. The standard InChI is InChI=1S/C20H25N3O6/c1-6-27-18(25)15(17-23-22-12(2)28-17)11-16(24)13-7-9-14(10-8-13)21-19(26)29-20(3,4)5/h7-10,15H,6,11H2,1-5H3,(H,21,26). The van der Waals surface area contributed by atoms with Crippen LogP contribution in [0.15, 0.2) is 28.7 Å². The molecule has 0 bridgehead atoms. The molecule has 0 radical (unpaired) electrons. The molecule has 0 fully saturated rings. The van der Waals surface area contributed by atoms with E-state index in [1.807, 2.05) is 0 Å². The number of carbonyl (C=O) groups excluding carboxylic acids is 3. The van der Waals surface area contributed by atoms with Gasteiger partial charge in [0.15, 0.2) is 5.78 Å². The molecule has 0 aliphatic carbocycles. The van der Waals surface area contributed by atoms with E-state index >= 15 is 0 Å². The number of ether oxygens (including phenoxy) is 2. The van der Waals surface area contributed by atoms with Gasteiger partial charge in [-0.15, -0.1) is 10.2 Å². The van der Waals surface area contributed by atoms with Crippen LogP contribution in [0.3, 0.4) is 0 Å². The molecule has 9 heteroatoms. The van der Waals surface area contributed by atoms with Crippen LogP contribution in [0.5, 0.6) is 0 Å². The molecule has 0 aliphatic rings. The van der Waals surface area contributed by atoms with E-state index in [1.54, 1.807) is 58.9 Å². The van der Waals surface area contributed by atoms with Crippen LogP contribution in [0.4, 0.5) is 10.5 Å². The van der Waals surface area contributed by atoms with Gasteiger partial charge in [-0.3, -0.25) is 14.9 Å². The SMILES string of the molecule is CCOC(=O)C(CC(=O)c1ccc(NC(=O)OC(C)(C)C)cc1)c1nnc(C)o1. The van der Waals surface area contributed by atoms with Crippen molar-refractivity contribution >= 4 is 23.5 Å². The summed E-state index contributed by atoms with van der Waals surface area (Å²) in [6.07, 6.45) is -0.773. The fraction of sp³-hybridized carbons (Fsp3) is 0.450. The van der Waals surface area contributed by atoms with Crippen molar-refractivity contribution in [3.63, 3.8) is 0 Å². The second-order valence-corrected chi connectivity index (χ2v) is 7.30. The molecule has 0 saturated carbocycles. The molecule has 1 unspecified atom stereocenters. The molecule has 0 spiro atoms. The van der Waals surface area contributed by atoms with Gasteiger partial charge in [-0.05, 0) is 52.0 Å². The second-order valence-electron chi connectivity index (χ2n) is 7.30. The minimum Gasteiger partial charge on any atom is -0.465 e. The average molecular weight is 403 g/mol. The van der Waals surface area contributed by atoms with Crippen molar-refractivity contribution in [2.45, 2.75) is 52.6 Å². The number of amides is 1. The molecule has 2 aromatic rings. The molecule has 0 saturated heterocycles. The number of aryl methyl sites for hydroxylation is 1. The molecule has 1 atom stereocenters. The number of aromatic nitrogens is 2. The van der Waals surface area contributed by atoms with Crippen molar-refractivity contribution in [2.75, 3.05) is 11.9 Å². The second kappa shape index (κ2) is 9.31. The molecule has 1 amide bonds. The zero-order valence-corrected chi connectivity index (χ0v) is 17.1. The highest BCUT2D eigenvalue weighted by atomic mass is 16.6. The van der Waals surface area contributed by atoms with E-state index in [-0.39, 0.29) is 24.7 Å². The maximum absolute atomic E-state index is 12.7. The lowest BCUT2D eigenvalue weighted by Gasteiger charge is -2.19. The van der Waals surface area contributed by atoms with Crippen molar-refractivity contribution in [3.8, 4) is 0 Å². The summed E-state index contributed by atoms with van der Waals surface area (Å²) in [5.41, 5.74) is 0.227. The van der Waals surface area contributed by atoms with E-state index in [9.17, 15) is 14.4 Å². The molecule has 2 rings (SSSR count). The van der Waals surface area contributed by atoms with E-state index in [2.05, 4.69) is 15.5 Å². The summed E-state index contributed by atoms with van der Waals surface area (Å²) in [7, 11) is 0. The Kier molecular flexibility index (Phi) is 7.08. The number of rotatable bonds is 7. The van der Waals surface area contributed by atoms with Crippen LogP contribution in [-0.2, 0) is 14.3 Å². The van der Waals surface area contributed by atoms with Gasteiger partial charge < -0.3 is 13.9 Å². The Labute approximate surface area is 168 Å². The average Bonchev–Trinajstić information content (AvgIpc) is 3.04. The zero-order valence-electron chi connectivity index (χ0n) is 17.1. The third kappa shape index (κ3) is 6.70. The highest BCUT2D eigenvalue weighted by Gasteiger charge is 2.30. The smallest absolute Gasteiger partial charge is 0.412 e. The molecular formula is C20H25N3O6. The van der Waals surface area contributed by atoms with E-state index in [1.165, 1.54) is 0 Å². The number of hydrogen-bond acceptors (Lipinski definition) is 8. The molecule has 1 aromatic carbocycles. The Morgan fingerprint density at radius 1 is 1.14 bits per heavy atom. The Balaban J connectivity index is 2.08. The molecule has 1 N–H and O–H groups in total. The lowest BCUT2D eigenvalue weighted by atomic mass is 9.98. The Bertz CT molecular complexity index is 867. The number of benzene rings is 1. The first-order valence-corrected chi connectivity index (χ1v) is 9.19. The predicted octanol–water partition coefficient (Wildman–Crippen LogP) is 3.64. The first-order chi connectivity index (χ1) is 13.6. The number of esters is 1. The van der Waals surface area contributed by atoms with E-state index in [0.29, 0.717) is 17.1 Å². The summed E-state index contributed by atoms with van der Waals surface area (Å²) in [5, 5.41) is 10.1. The summed E-state index contributed by atoms with van der Waals surface area (Å²) in [6, 6.07) is 6.26. The van der Waals surface area contributed by atoms with Gasteiger partial charge in [0, 0.05) is 24.6 Å². The minimum absolute atomic E-state index is 0.0394. The molecule has 29 heavy (non-hydrogen) atoms. The van der Waals surface area contributed by atoms with Gasteiger partial charge in [0.1, 0.15) is 11.5 Å². The van der Waals surface area contributed by atoms with Crippen molar-refractivity contribution in [2.24, 2.45) is 0 Å². The molecule has 1 aromatic heterocycles. The zero-order chi connectivity index (χ0) is 21.6. The number of anilines is 1. The van der Waals surface area contributed by atoms with Crippen LogP contribution in [0.1, 0.15) is 62.2 Å². The molecule has 156 valence electrons. The van der Waals surface area contributed by atoms with Crippen LogP contribution in [0.2, 0.25) is 0 Å². The van der Waals surface area contributed by atoms with Crippen molar-refractivity contribution in [3.05, 3.63) is 41.6 Å². The Morgan fingerprint density at radius 2 is 1.79 bits per heavy atom. The topological polar surface area (TPSA) is 121 Å². The number of ketones is 1.